The smallest absolute Gasteiger partial charge is 0.0617 e. The van der Waals surface area contributed by atoms with E-state index < -0.39 is 10.8 Å². The van der Waals surface area contributed by atoms with Crippen molar-refractivity contribution in [1.82, 2.24) is 0 Å². The lowest BCUT2D eigenvalue weighted by Crippen LogP contribution is -2.02. The van der Waals surface area contributed by atoms with E-state index in [0.29, 0.717) is 5.69 Å². The number of anilines is 1. The molecule has 0 saturated heterocycles. The van der Waals surface area contributed by atoms with Crippen LogP contribution in [0.25, 0.3) is 0 Å². The van der Waals surface area contributed by atoms with Crippen molar-refractivity contribution in [1.29, 1.82) is 0 Å². The van der Waals surface area contributed by atoms with Crippen LogP contribution in [0.1, 0.15) is 63.9 Å². The van der Waals surface area contributed by atoms with Crippen molar-refractivity contribution in [2.75, 3.05) is 11.5 Å². The van der Waals surface area contributed by atoms with Crippen LogP contribution in [-0.4, -0.2) is 9.96 Å². The highest BCUT2D eigenvalue weighted by atomic mass is 32.2. The predicted octanol–water partition coefficient (Wildman–Crippen LogP) is 4.83. The number of hydrogen-bond acceptors (Lipinski definition) is 2. The lowest BCUT2D eigenvalue weighted by molar-refractivity contribution is 0.584. The standard InChI is InChI=1S/C17H29NOS/c1-3-4-5-6-7-8-9-10-13-20(19)17-12-11-15(2)14-16(17)18/h11-12,14H,3-10,13,18H2,1-2H3. The number of aryl methyl sites for hydroxylation is 1. The van der Waals surface area contributed by atoms with Crippen molar-refractivity contribution in [3.63, 3.8) is 0 Å². The van der Waals surface area contributed by atoms with E-state index in [1.165, 1.54) is 44.9 Å². The van der Waals surface area contributed by atoms with E-state index in [0.717, 1.165) is 22.6 Å². The van der Waals surface area contributed by atoms with Gasteiger partial charge in [0.1, 0.15) is 0 Å². The van der Waals surface area contributed by atoms with Gasteiger partial charge < -0.3 is 5.73 Å². The summed E-state index contributed by atoms with van der Waals surface area (Å²) in [5.41, 5.74) is 7.72. The molecule has 2 N–H and O–H groups in total. The third-order valence-electron chi connectivity index (χ3n) is 3.59. The van der Waals surface area contributed by atoms with Crippen LogP contribution in [0.5, 0.6) is 0 Å². The van der Waals surface area contributed by atoms with Gasteiger partial charge in [-0.05, 0) is 31.0 Å². The van der Waals surface area contributed by atoms with E-state index in [-0.39, 0.29) is 0 Å². The molecule has 1 unspecified atom stereocenters. The second-order valence-electron chi connectivity index (χ2n) is 5.57. The zero-order valence-electron chi connectivity index (χ0n) is 13.0. The minimum absolute atomic E-state index is 0.669. The molecule has 1 rings (SSSR count). The van der Waals surface area contributed by atoms with Gasteiger partial charge in [-0.1, -0.05) is 57.9 Å². The van der Waals surface area contributed by atoms with Gasteiger partial charge in [-0.15, -0.1) is 0 Å². The molecule has 1 aromatic rings. The van der Waals surface area contributed by atoms with Gasteiger partial charge in [0.2, 0.25) is 0 Å². The van der Waals surface area contributed by atoms with Crippen molar-refractivity contribution >= 4 is 16.5 Å². The summed E-state index contributed by atoms with van der Waals surface area (Å²) in [6.07, 6.45) is 10.2. The highest BCUT2D eigenvalue weighted by Gasteiger charge is 2.07. The topological polar surface area (TPSA) is 43.1 Å². The summed E-state index contributed by atoms with van der Waals surface area (Å²) >= 11 is 0. The third kappa shape index (κ3) is 6.56. The molecular weight excluding hydrogens is 266 g/mol. The maximum absolute atomic E-state index is 12.2. The summed E-state index contributed by atoms with van der Waals surface area (Å²) < 4.78 is 12.2. The summed E-state index contributed by atoms with van der Waals surface area (Å²) in [5.74, 6) is 0.738. The number of rotatable bonds is 10. The van der Waals surface area contributed by atoms with Crippen LogP contribution < -0.4 is 5.73 Å². The molecule has 0 bridgehead atoms. The molecule has 0 radical (unpaired) electrons. The van der Waals surface area contributed by atoms with Crippen LogP contribution in [0.3, 0.4) is 0 Å². The van der Waals surface area contributed by atoms with Gasteiger partial charge in [-0.25, -0.2) is 0 Å². The molecule has 0 fully saturated rings. The van der Waals surface area contributed by atoms with Crippen LogP contribution >= 0.6 is 0 Å². The number of unbranched alkanes of at least 4 members (excludes halogenated alkanes) is 7. The van der Waals surface area contributed by atoms with Gasteiger partial charge in [0.05, 0.1) is 15.7 Å². The van der Waals surface area contributed by atoms with E-state index in [9.17, 15) is 4.21 Å². The second kappa shape index (κ2) is 9.98. The van der Waals surface area contributed by atoms with Crippen molar-refractivity contribution in [3.05, 3.63) is 23.8 Å². The molecule has 0 spiro atoms. The summed E-state index contributed by atoms with van der Waals surface area (Å²) in [4.78, 5) is 0.804. The predicted molar refractivity (Wildman–Crippen MR) is 89.5 cm³/mol. The van der Waals surface area contributed by atoms with Crippen LogP contribution in [0.2, 0.25) is 0 Å². The van der Waals surface area contributed by atoms with Gasteiger partial charge >= 0.3 is 0 Å². The minimum atomic E-state index is -0.938. The Balaban J connectivity index is 2.17. The fourth-order valence-corrected chi connectivity index (χ4v) is 3.58. The van der Waals surface area contributed by atoms with Gasteiger partial charge in [0.15, 0.2) is 0 Å². The molecule has 0 aliphatic heterocycles. The molecule has 0 heterocycles. The zero-order valence-corrected chi connectivity index (χ0v) is 13.8. The van der Waals surface area contributed by atoms with Crippen LogP contribution in [0, 0.1) is 6.92 Å². The third-order valence-corrected chi connectivity index (χ3v) is 5.12. The molecule has 1 atom stereocenters. The maximum atomic E-state index is 12.2. The Morgan fingerprint density at radius 3 is 2.20 bits per heavy atom. The first-order valence-corrected chi connectivity index (χ1v) is 9.21. The number of hydrogen-bond donors (Lipinski definition) is 1. The van der Waals surface area contributed by atoms with Crippen molar-refractivity contribution in [2.45, 2.75) is 70.1 Å². The molecule has 2 nitrogen and oxygen atoms in total. The Bertz CT molecular complexity index is 417. The Labute approximate surface area is 126 Å². The minimum Gasteiger partial charge on any atom is -0.398 e. The van der Waals surface area contributed by atoms with Crippen LogP contribution in [0.15, 0.2) is 23.1 Å². The fourth-order valence-electron chi connectivity index (χ4n) is 2.35. The molecule has 0 aliphatic carbocycles. The van der Waals surface area contributed by atoms with E-state index >= 15 is 0 Å². The lowest BCUT2D eigenvalue weighted by atomic mass is 10.1. The molecule has 1 aromatic carbocycles. The normalized spacial score (nSPS) is 12.5. The lowest BCUT2D eigenvalue weighted by Gasteiger charge is -2.07. The summed E-state index contributed by atoms with van der Waals surface area (Å²) in [7, 11) is -0.938. The largest absolute Gasteiger partial charge is 0.398 e. The first-order valence-electron chi connectivity index (χ1n) is 7.89. The van der Waals surface area contributed by atoms with Gasteiger partial charge in [-0.3, -0.25) is 4.21 Å². The summed E-state index contributed by atoms with van der Waals surface area (Å²) in [5, 5.41) is 0. The first kappa shape index (κ1) is 17.2. The summed E-state index contributed by atoms with van der Waals surface area (Å²) in [6.45, 7) is 4.24. The quantitative estimate of drug-likeness (QED) is 0.496. The molecule has 114 valence electrons. The zero-order chi connectivity index (χ0) is 14.8. The van der Waals surface area contributed by atoms with Crippen molar-refractivity contribution < 1.29 is 4.21 Å². The Kier molecular flexibility index (Phi) is 8.59. The van der Waals surface area contributed by atoms with Gasteiger partial charge in [0, 0.05) is 11.4 Å². The Morgan fingerprint density at radius 1 is 1.00 bits per heavy atom. The van der Waals surface area contributed by atoms with E-state index in [2.05, 4.69) is 6.92 Å². The Hall–Kier alpha value is -0.830. The average molecular weight is 295 g/mol. The fraction of sp³-hybridized carbons (Fsp3) is 0.647. The number of nitrogens with two attached hydrogens (primary N) is 1. The maximum Gasteiger partial charge on any atom is 0.0617 e. The molecular formula is C17H29NOS. The van der Waals surface area contributed by atoms with E-state index in [1.807, 2.05) is 25.1 Å². The number of nitrogen functional groups attached to an aromatic ring is 1. The average Bonchev–Trinajstić information content (AvgIpc) is 2.41. The summed E-state index contributed by atoms with van der Waals surface area (Å²) in [6, 6.07) is 5.80. The molecule has 0 saturated carbocycles. The van der Waals surface area contributed by atoms with Gasteiger partial charge in [0.25, 0.3) is 0 Å². The molecule has 0 aromatic heterocycles. The number of benzene rings is 1. The van der Waals surface area contributed by atoms with Crippen LogP contribution in [-0.2, 0) is 10.8 Å². The Morgan fingerprint density at radius 2 is 1.60 bits per heavy atom. The van der Waals surface area contributed by atoms with E-state index in [4.69, 9.17) is 5.73 Å². The highest BCUT2D eigenvalue weighted by molar-refractivity contribution is 7.85. The second-order valence-corrected chi connectivity index (χ2v) is 7.10. The van der Waals surface area contributed by atoms with E-state index in [1.54, 1.807) is 0 Å². The van der Waals surface area contributed by atoms with Crippen molar-refractivity contribution in [3.8, 4) is 0 Å². The molecule has 3 heteroatoms. The van der Waals surface area contributed by atoms with Gasteiger partial charge in [-0.2, -0.15) is 0 Å². The monoisotopic (exact) mass is 295 g/mol. The van der Waals surface area contributed by atoms with Crippen molar-refractivity contribution in [2.24, 2.45) is 0 Å². The molecule has 0 aliphatic rings. The SMILES string of the molecule is CCCCCCCCCCS(=O)c1ccc(C)cc1N. The molecule has 0 amide bonds. The van der Waals surface area contributed by atoms with Crippen LogP contribution in [0.4, 0.5) is 5.69 Å². The molecule has 20 heavy (non-hydrogen) atoms. The first-order chi connectivity index (χ1) is 9.65. The highest BCUT2D eigenvalue weighted by Crippen LogP contribution is 2.19.